The fourth-order valence-electron chi connectivity index (χ4n) is 2.52. The lowest BCUT2D eigenvalue weighted by Crippen LogP contribution is -1.86. The molecule has 0 saturated heterocycles. The van der Waals surface area contributed by atoms with Crippen LogP contribution >= 0.6 is 63.7 Å². The molecule has 2 aromatic rings. The molecule has 0 fully saturated rings. The lowest BCUT2D eigenvalue weighted by molar-refractivity contribution is 1.23. The third kappa shape index (κ3) is 2.74. The zero-order chi connectivity index (χ0) is 13.6. The largest absolute Gasteiger partial charge is 0.0946 e. The molecule has 0 heterocycles. The van der Waals surface area contributed by atoms with Crippen molar-refractivity contribution in [1.29, 1.82) is 0 Å². The van der Waals surface area contributed by atoms with Crippen LogP contribution in [0.3, 0.4) is 0 Å². The minimum absolute atomic E-state index is 0.221. The predicted octanol–water partition coefficient (Wildman–Crippen LogP) is 6.83. The van der Waals surface area contributed by atoms with Crippen molar-refractivity contribution < 1.29 is 0 Å². The van der Waals surface area contributed by atoms with Crippen LogP contribution in [0.4, 0.5) is 0 Å². The molecule has 0 aromatic heterocycles. The fourth-order valence-corrected chi connectivity index (χ4v) is 3.66. The molecule has 0 nitrogen and oxygen atoms in total. The van der Waals surface area contributed by atoms with Crippen molar-refractivity contribution >= 4 is 63.7 Å². The van der Waals surface area contributed by atoms with E-state index >= 15 is 0 Å². The van der Waals surface area contributed by atoms with Gasteiger partial charge in [-0.25, -0.2) is 0 Å². The number of benzene rings is 2. The van der Waals surface area contributed by atoms with Crippen LogP contribution in [0.25, 0.3) is 11.1 Å². The predicted molar refractivity (Wildman–Crippen MR) is 95.9 cm³/mol. The normalized spacial score (nSPS) is 12.9. The van der Waals surface area contributed by atoms with Crippen LogP contribution in [-0.2, 0) is 6.42 Å². The highest BCUT2D eigenvalue weighted by molar-refractivity contribution is 9.24. The van der Waals surface area contributed by atoms with Crippen LogP contribution in [0.1, 0.15) is 29.7 Å². The molecule has 4 heteroatoms. The number of alkyl halides is 4. The van der Waals surface area contributed by atoms with Crippen molar-refractivity contribution in [3.05, 3.63) is 58.7 Å². The van der Waals surface area contributed by atoms with E-state index in [1.54, 1.807) is 0 Å². The third-order valence-corrected chi connectivity index (χ3v) is 5.55. The highest BCUT2D eigenvalue weighted by atomic mass is 79.9. The Bertz CT molecular complexity index is 577. The summed E-state index contributed by atoms with van der Waals surface area (Å²) < 4.78 is 0.443. The van der Waals surface area contributed by atoms with Gasteiger partial charge in [-0.1, -0.05) is 100 Å². The van der Waals surface area contributed by atoms with Crippen LogP contribution in [0.15, 0.2) is 36.4 Å². The standard InChI is InChI=1S/C15H10Br4/c16-14(17)8-1-3-12-10(5-8)7-11-6-9(15(18)19)2-4-13(11)12/h1-6,14-15H,7H2. The van der Waals surface area contributed by atoms with Crippen molar-refractivity contribution in [3.8, 4) is 11.1 Å². The highest BCUT2D eigenvalue weighted by Gasteiger charge is 2.20. The average molecular weight is 510 g/mol. The van der Waals surface area contributed by atoms with Gasteiger partial charge in [0.15, 0.2) is 0 Å². The quantitative estimate of drug-likeness (QED) is 0.332. The summed E-state index contributed by atoms with van der Waals surface area (Å²) in [5.74, 6) is 0. The third-order valence-electron chi connectivity index (χ3n) is 3.43. The summed E-state index contributed by atoms with van der Waals surface area (Å²) in [6.07, 6.45) is 1.02. The molecule has 0 saturated carbocycles. The SMILES string of the molecule is BrC(Br)c1ccc2c(c1)Cc1cc(C(Br)Br)ccc1-2. The summed E-state index contributed by atoms with van der Waals surface area (Å²) in [6, 6.07) is 13.4. The molecular formula is C15H10Br4. The van der Waals surface area contributed by atoms with Crippen molar-refractivity contribution in [1.82, 2.24) is 0 Å². The van der Waals surface area contributed by atoms with Gasteiger partial charge in [-0.3, -0.25) is 0 Å². The summed E-state index contributed by atoms with van der Waals surface area (Å²) in [6.45, 7) is 0. The van der Waals surface area contributed by atoms with E-state index in [0.29, 0.717) is 0 Å². The maximum atomic E-state index is 3.56. The van der Waals surface area contributed by atoms with E-state index in [2.05, 4.69) is 100 Å². The lowest BCUT2D eigenvalue weighted by Gasteiger charge is -2.07. The van der Waals surface area contributed by atoms with Gasteiger partial charge in [0.25, 0.3) is 0 Å². The van der Waals surface area contributed by atoms with Gasteiger partial charge >= 0.3 is 0 Å². The molecule has 98 valence electrons. The Morgan fingerprint density at radius 2 is 1.11 bits per heavy atom. The molecule has 0 N–H and O–H groups in total. The molecule has 2 aromatic carbocycles. The Morgan fingerprint density at radius 3 is 1.47 bits per heavy atom. The number of hydrogen-bond donors (Lipinski definition) is 0. The van der Waals surface area contributed by atoms with Gasteiger partial charge in [-0.05, 0) is 39.8 Å². The summed E-state index contributed by atoms with van der Waals surface area (Å²) in [5, 5.41) is 0. The molecular weight excluding hydrogens is 500 g/mol. The molecule has 3 rings (SSSR count). The van der Waals surface area contributed by atoms with Gasteiger partial charge in [0.05, 0.1) is 7.47 Å². The molecule has 0 atom stereocenters. The zero-order valence-electron chi connectivity index (χ0n) is 9.84. The number of halogens is 4. The van der Waals surface area contributed by atoms with Gasteiger partial charge < -0.3 is 0 Å². The minimum Gasteiger partial charge on any atom is -0.0712 e. The van der Waals surface area contributed by atoms with E-state index in [4.69, 9.17) is 0 Å². The van der Waals surface area contributed by atoms with Gasteiger partial charge in [0, 0.05) is 0 Å². The summed E-state index contributed by atoms with van der Waals surface area (Å²) in [7, 11) is 0. The second-order valence-corrected chi connectivity index (χ2v) is 10.7. The minimum atomic E-state index is 0.221. The lowest BCUT2D eigenvalue weighted by atomic mass is 10.0. The first-order chi connectivity index (χ1) is 9.06. The molecule has 0 amide bonds. The van der Waals surface area contributed by atoms with Crippen molar-refractivity contribution in [2.45, 2.75) is 13.9 Å². The summed E-state index contributed by atoms with van der Waals surface area (Å²) >= 11 is 14.2. The van der Waals surface area contributed by atoms with Gasteiger partial charge in [0.1, 0.15) is 0 Å². The summed E-state index contributed by atoms with van der Waals surface area (Å²) in [4.78, 5) is 0. The van der Waals surface area contributed by atoms with E-state index in [9.17, 15) is 0 Å². The first kappa shape index (κ1) is 14.3. The molecule has 0 aliphatic heterocycles. The van der Waals surface area contributed by atoms with E-state index in [0.717, 1.165) is 6.42 Å². The number of hydrogen-bond acceptors (Lipinski definition) is 0. The van der Waals surface area contributed by atoms with Crippen LogP contribution in [0, 0.1) is 0 Å². The van der Waals surface area contributed by atoms with Crippen LogP contribution in [0.2, 0.25) is 0 Å². The topological polar surface area (TPSA) is 0 Å². The first-order valence-corrected chi connectivity index (χ1v) is 9.55. The van der Waals surface area contributed by atoms with Crippen LogP contribution in [0.5, 0.6) is 0 Å². The molecule has 19 heavy (non-hydrogen) atoms. The molecule has 0 spiro atoms. The Labute approximate surface area is 146 Å². The van der Waals surface area contributed by atoms with Gasteiger partial charge in [-0.2, -0.15) is 0 Å². The second kappa shape index (κ2) is 5.63. The molecule has 0 unspecified atom stereocenters. The summed E-state index contributed by atoms with van der Waals surface area (Å²) in [5.41, 5.74) is 8.10. The molecule has 0 radical (unpaired) electrons. The maximum absolute atomic E-state index is 3.56. The van der Waals surface area contributed by atoms with Crippen molar-refractivity contribution in [2.24, 2.45) is 0 Å². The van der Waals surface area contributed by atoms with E-state index in [1.807, 2.05) is 0 Å². The zero-order valence-corrected chi connectivity index (χ0v) is 16.2. The first-order valence-electron chi connectivity index (χ1n) is 5.88. The Kier molecular flexibility index (Phi) is 4.24. The van der Waals surface area contributed by atoms with Crippen molar-refractivity contribution in [3.63, 3.8) is 0 Å². The second-order valence-electron chi connectivity index (χ2n) is 4.61. The van der Waals surface area contributed by atoms with Crippen molar-refractivity contribution in [2.75, 3.05) is 0 Å². The van der Waals surface area contributed by atoms with Crippen LogP contribution in [-0.4, -0.2) is 0 Å². The Hall–Kier alpha value is 0.360. The average Bonchev–Trinajstić information content (AvgIpc) is 2.74. The molecule has 1 aliphatic carbocycles. The van der Waals surface area contributed by atoms with E-state index in [1.165, 1.54) is 33.4 Å². The smallest absolute Gasteiger partial charge is 0.0712 e. The van der Waals surface area contributed by atoms with Crippen LogP contribution < -0.4 is 0 Å². The highest BCUT2D eigenvalue weighted by Crippen LogP contribution is 2.41. The monoisotopic (exact) mass is 506 g/mol. The molecule has 1 aliphatic rings. The van der Waals surface area contributed by atoms with E-state index < -0.39 is 0 Å². The van der Waals surface area contributed by atoms with Gasteiger partial charge in [0.2, 0.25) is 0 Å². The molecule has 0 bridgehead atoms. The van der Waals surface area contributed by atoms with E-state index in [-0.39, 0.29) is 7.47 Å². The maximum Gasteiger partial charge on any atom is 0.0946 e. The number of rotatable bonds is 2. The van der Waals surface area contributed by atoms with Gasteiger partial charge in [-0.15, -0.1) is 0 Å². The number of fused-ring (bicyclic) bond motifs is 3. The Morgan fingerprint density at radius 1 is 0.684 bits per heavy atom. The fraction of sp³-hybridized carbons (Fsp3) is 0.200. The Balaban J connectivity index is 2.05.